The van der Waals surface area contributed by atoms with E-state index in [1.165, 1.54) is 0 Å². The van der Waals surface area contributed by atoms with Gasteiger partial charge in [-0.2, -0.15) is 0 Å². The second kappa shape index (κ2) is 5.30. The average molecular weight is 229 g/mol. The highest BCUT2D eigenvalue weighted by atomic mass is 16.1. The number of aromatic nitrogens is 1. The van der Waals surface area contributed by atoms with Gasteiger partial charge in [0.25, 0.3) is 0 Å². The average Bonchev–Trinajstić information content (AvgIpc) is 2.36. The predicted octanol–water partition coefficient (Wildman–Crippen LogP) is 1.78. The zero-order valence-electron chi connectivity index (χ0n) is 9.73. The summed E-state index contributed by atoms with van der Waals surface area (Å²) in [5.74, 6) is 0.719. The summed E-state index contributed by atoms with van der Waals surface area (Å²) in [7, 11) is 0. The number of carbonyl (C=O) groups excluding carboxylic acids is 1. The van der Waals surface area contributed by atoms with Crippen LogP contribution < -0.4 is 10.6 Å². The summed E-state index contributed by atoms with van der Waals surface area (Å²) in [5.41, 5.74) is 0. The van der Waals surface area contributed by atoms with Crippen molar-refractivity contribution in [3.05, 3.63) is 36.5 Å². The van der Waals surface area contributed by atoms with Crippen LogP contribution in [0.3, 0.4) is 0 Å². The molecule has 0 atom stereocenters. The van der Waals surface area contributed by atoms with Gasteiger partial charge in [0.05, 0.1) is 6.54 Å². The van der Waals surface area contributed by atoms with Crippen LogP contribution in [0.4, 0.5) is 5.82 Å². The van der Waals surface area contributed by atoms with Crippen LogP contribution in [0, 0.1) is 0 Å². The van der Waals surface area contributed by atoms with Crippen LogP contribution in [0.1, 0.15) is 6.92 Å². The number of benzene rings is 1. The predicted molar refractivity (Wildman–Crippen MR) is 68.9 cm³/mol. The largest absolute Gasteiger partial charge is 0.360 e. The highest BCUT2D eigenvalue weighted by molar-refractivity contribution is 5.93. The topological polar surface area (TPSA) is 54.0 Å². The Bertz CT molecular complexity index is 520. The highest BCUT2D eigenvalue weighted by Crippen LogP contribution is 2.19. The van der Waals surface area contributed by atoms with Crippen molar-refractivity contribution in [1.29, 1.82) is 0 Å². The molecule has 2 rings (SSSR count). The Kier molecular flexibility index (Phi) is 3.55. The smallest absolute Gasteiger partial charge is 0.239 e. The van der Waals surface area contributed by atoms with Crippen molar-refractivity contribution >= 4 is 22.5 Å². The van der Waals surface area contributed by atoms with Crippen molar-refractivity contribution in [2.75, 3.05) is 18.4 Å². The number of fused-ring (bicyclic) bond motifs is 1. The van der Waals surface area contributed by atoms with Gasteiger partial charge in [0.15, 0.2) is 0 Å². The van der Waals surface area contributed by atoms with Crippen LogP contribution in [-0.4, -0.2) is 24.0 Å². The van der Waals surface area contributed by atoms with E-state index < -0.39 is 0 Å². The number of nitrogens with one attached hydrogen (secondary N) is 2. The molecule has 2 N–H and O–H groups in total. The molecule has 0 radical (unpaired) electrons. The fourth-order valence-corrected chi connectivity index (χ4v) is 1.68. The normalized spacial score (nSPS) is 10.2. The highest BCUT2D eigenvalue weighted by Gasteiger charge is 2.03. The zero-order valence-corrected chi connectivity index (χ0v) is 9.73. The molecule has 1 amide bonds. The SMILES string of the molecule is CCNC(=O)CNc1nccc2ccccc12. The van der Waals surface area contributed by atoms with E-state index in [2.05, 4.69) is 15.6 Å². The van der Waals surface area contributed by atoms with E-state index in [0.29, 0.717) is 6.54 Å². The summed E-state index contributed by atoms with van der Waals surface area (Å²) in [4.78, 5) is 15.6. The van der Waals surface area contributed by atoms with Gasteiger partial charge >= 0.3 is 0 Å². The Balaban J connectivity index is 2.16. The standard InChI is InChI=1S/C13H15N3O/c1-2-14-12(17)9-16-13-11-6-4-3-5-10(11)7-8-15-13/h3-8H,2,9H2,1H3,(H,14,17)(H,15,16). The first-order chi connectivity index (χ1) is 8.31. The van der Waals surface area contributed by atoms with E-state index >= 15 is 0 Å². The number of hydrogen-bond acceptors (Lipinski definition) is 3. The van der Waals surface area contributed by atoms with Gasteiger partial charge in [-0.15, -0.1) is 0 Å². The van der Waals surface area contributed by atoms with Crippen LogP contribution in [0.15, 0.2) is 36.5 Å². The molecular formula is C13H15N3O. The van der Waals surface area contributed by atoms with Gasteiger partial charge < -0.3 is 10.6 Å². The first kappa shape index (κ1) is 11.4. The molecule has 0 saturated carbocycles. The maximum absolute atomic E-state index is 11.4. The van der Waals surface area contributed by atoms with Crippen molar-refractivity contribution < 1.29 is 4.79 Å². The van der Waals surface area contributed by atoms with E-state index in [1.807, 2.05) is 37.3 Å². The third-order valence-corrected chi connectivity index (χ3v) is 2.46. The van der Waals surface area contributed by atoms with Gasteiger partial charge in [-0.1, -0.05) is 24.3 Å². The first-order valence-corrected chi connectivity index (χ1v) is 5.65. The number of carbonyl (C=O) groups is 1. The molecule has 17 heavy (non-hydrogen) atoms. The first-order valence-electron chi connectivity index (χ1n) is 5.65. The Morgan fingerprint density at radius 1 is 1.29 bits per heavy atom. The summed E-state index contributed by atoms with van der Waals surface area (Å²) in [6, 6.07) is 9.90. The third kappa shape index (κ3) is 2.72. The third-order valence-electron chi connectivity index (χ3n) is 2.46. The van der Waals surface area contributed by atoms with E-state index in [4.69, 9.17) is 0 Å². The van der Waals surface area contributed by atoms with Crippen LogP contribution >= 0.6 is 0 Å². The van der Waals surface area contributed by atoms with Gasteiger partial charge in [0.2, 0.25) is 5.91 Å². The molecule has 0 aliphatic carbocycles. The molecule has 0 saturated heterocycles. The molecule has 1 aromatic carbocycles. The maximum atomic E-state index is 11.4. The number of nitrogens with zero attached hydrogens (tertiary/aromatic N) is 1. The molecule has 1 heterocycles. The summed E-state index contributed by atoms with van der Waals surface area (Å²) in [5, 5.41) is 7.92. The number of rotatable bonds is 4. The van der Waals surface area contributed by atoms with Gasteiger partial charge in [0, 0.05) is 18.1 Å². The lowest BCUT2D eigenvalue weighted by atomic mass is 10.1. The van der Waals surface area contributed by atoms with Crippen molar-refractivity contribution in [2.24, 2.45) is 0 Å². The van der Waals surface area contributed by atoms with Crippen LogP contribution in [0.2, 0.25) is 0 Å². The Morgan fingerprint density at radius 3 is 2.94 bits per heavy atom. The quantitative estimate of drug-likeness (QED) is 0.840. The van der Waals surface area contributed by atoms with Crippen molar-refractivity contribution in [2.45, 2.75) is 6.92 Å². The van der Waals surface area contributed by atoms with Gasteiger partial charge in [-0.3, -0.25) is 4.79 Å². The van der Waals surface area contributed by atoms with Crippen molar-refractivity contribution in [1.82, 2.24) is 10.3 Å². The zero-order chi connectivity index (χ0) is 12.1. The lowest BCUT2D eigenvalue weighted by Crippen LogP contribution is -2.29. The second-order valence-corrected chi connectivity index (χ2v) is 3.69. The summed E-state index contributed by atoms with van der Waals surface area (Å²) in [6.07, 6.45) is 1.74. The van der Waals surface area contributed by atoms with Crippen LogP contribution in [0.25, 0.3) is 10.8 Å². The molecule has 4 nitrogen and oxygen atoms in total. The van der Waals surface area contributed by atoms with E-state index in [-0.39, 0.29) is 12.5 Å². The van der Waals surface area contributed by atoms with Crippen LogP contribution in [-0.2, 0) is 4.79 Å². The van der Waals surface area contributed by atoms with Crippen molar-refractivity contribution in [3.8, 4) is 0 Å². The van der Waals surface area contributed by atoms with Gasteiger partial charge in [-0.05, 0) is 18.4 Å². The maximum Gasteiger partial charge on any atom is 0.239 e. The van der Waals surface area contributed by atoms with Gasteiger partial charge in [-0.25, -0.2) is 4.98 Å². The summed E-state index contributed by atoms with van der Waals surface area (Å²) in [6.45, 7) is 2.78. The Labute approximate surface area is 100 Å². The van der Waals surface area contributed by atoms with E-state index in [9.17, 15) is 4.79 Å². The number of pyridine rings is 1. The number of amides is 1. The van der Waals surface area contributed by atoms with Crippen LogP contribution in [0.5, 0.6) is 0 Å². The van der Waals surface area contributed by atoms with E-state index in [1.54, 1.807) is 6.20 Å². The molecule has 0 aliphatic heterocycles. The minimum atomic E-state index is -0.0257. The molecule has 88 valence electrons. The number of anilines is 1. The Morgan fingerprint density at radius 2 is 2.12 bits per heavy atom. The Hall–Kier alpha value is -2.10. The lowest BCUT2D eigenvalue weighted by molar-refractivity contribution is -0.119. The van der Waals surface area contributed by atoms with E-state index in [0.717, 1.165) is 16.6 Å². The monoisotopic (exact) mass is 229 g/mol. The van der Waals surface area contributed by atoms with Crippen molar-refractivity contribution in [3.63, 3.8) is 0 Å². The minimum absolute atomic E-state index is 0.0257. The molecule has 4 heteroatoms. The molecule has 0 aliphatic rings. The molecule has 0 unspecified atom stereocenters. The summed E-state index contributed by atoms with van der Waals surface area (Å²) >= 11 is 0. The molecule has 0 spiro atoms. The molecular weight excluding hydrogens is 214 g/mol. The molecule has 1 aromatic heterocycles. The molecule has 2 aromatic rings. The molecule has 0 fully saturated rings. The fraction of sp³-hybridized carbons (Fsp3) is 0.231. The minimum Gasteiger partial charge on any atom is -0.360 e. The second-order valence-electron chi connectivity index (χ2n) is 3.69. The lowest BCUT2D eigenvalue weighted by Gasteiger charge is -2.08. The fourth-order valence-electron chi connectivity index (χ4n) is 1.68. The molecule has 0 bridgehead atoms. The number of hydrogen-bond donors (Lipinski definition) is 2. The number of likely N-dealkylation sites (N-methyl/N-ethyl adjacent to an activating group) is 1. The summed E-state index contributed by atoms with van der Waals surface area (Å²) < 4.78 is 0. The van der Waals surface area contributed by atoms with Gasteiger partial charge in [0.1, 0.15) is 5.82 Å².